The third kappa shape index (κ3) is 7.95. The van der Waals surface area contributed by atoms with Gasteiger partial charge in [-0.3, -0.25) is 4.79 Å². The number of sulfonamides is 1. The van der Waals surface area contributed by atoms with E-state index in [-0.39, 0.29) is 37.0 Å². The summed E-state index contributed by atoms with van der Waals surface area (Å²) in [5, 5.41) is 3.04. The molecule has 2 aromatic carbocycles. The van der Waals surface area contributed by atoms with Crippen molar-refractivity contribution in [2.75, 3.05) is 47.4 Å². The normalized spacial score (nSPS) is 22.4. The maximum absolute atomic E-state index is 13.7. The molecule has 1 saturated heterocycles. The minimum atomic E-state index is -3.73. The van der Waals surface area contributed by atoms with Gasteiger partial charge in [-0.25, -0.2) is 12.8 Å². The van der Waals surface area contributed by atoms with Crippen LogP contribution in [0, 0.1) is 38.4 Å². The molecule has 2 aromatic rings. The average molecular weight is 618 g/mol. The van der Waals surface area contributed by atoms with E-state index in [4.69, 9.17) is 9.47 Å². The Balaban J connectivity index is 1.24. The Labute approximate surface area is 257 Å². The molecule has 1 saturated carbocycles. The van der Waals surface area contributed by atoms with Crippen molar-refractivity contribution in [1.82, 2.24) is 14.5 Å². The lowest BCUT2D eigenvalue weighted by atomic mass is 9.76. The van der Waals surface area contributed by atoms with Gasteiger partial charge in [0.2, 0.25) is 15.9 Å². The number of ether oxygens (including phenoxy) is 2. The predicted molar refractivity (Wildman–Crippen MR) is 166 cm³/mol. The smallest absolute Gasteiger partial charge is 0.246 e. The Morgan fingerprint density at radius 3 is 2.37 bits per heavy atom. The van der Waals surface area contributed by atoms with Crippen molar-refractivity contribution in [3.05, 3.63) is 58.4 Å². The fourth-order valence-corrected chi connectivity index (χ4v) is 8.88. The topological polar surface area (TPSA) is 88.2 Å². The van der Waals surface area contributed by atoms with Crippen LogP contribution in [-0.2, 0) is 19.6 Å². The highest BCUT2D eigenvalue weighted by molar-refractivity contribution is 7.89. The molecular formula is C33H48FN3O5S. The number of halogens is 1. The van der Waals surface area contributed by atoms with Crippen molar-refractivity contribution in [2.24, 2.45) is 11.8 Å². The minimum Gasteiger partial charge on any atom is -0.496 e. The molecule has 2 fully saturated rings. The highest BCUT2D eigenvalue weighted by atomic mass is 32.2. The summed E-state index contributed by atoms with van der Waals surface area (Å²) in [6.07, 6.45) is 5.20. The first kappa shape index (κ1) is 33.4. The van der Waals surface area contributed by atoms with E-state index in [1.165, 1.54) is 16.4 Å². The van der Waals surface area contributed by atoms with E-state index in [0.717, 1.165) is 36.8 Å². The van der Waals surface area contributed by atoms with Gasteiger partial charge in [-0.1, -0.05) is 12.1 Å². The van der Waals surface area contributed by atoms with Crippen LogP contribution in [0.15, 0.2) is 35.2 Å². The lowest BCUT2D eigenvalue weighted by Crippen LogP contribution is -2.44. The Bertz CT molecular complexity index is 1360. The highest BCUT2D eigenvalue weighted by Gasteiger charge is 2.34. The second-order valence-corrected chi connectivity index (χ2v) is 14.3. The summed E-state index contributed by atoms with van der Waals surface area (Å²) >= 11 is 0. The third-order valence-electron chi connectivity index (χ3n) is 9.28. The number of hydrogen-bond donors (Lipinski definition) is 1. The van der Waals surface area contributed by atoms with Crippen LogP contribution in [0.25, 0.3) is 0 Å². The molecule has 43 heavy (non-hydrogen) atoms. The summed E-state index contributed by atoms with van der Waals surface area (Å²) in [4.78, 5) is 15.2. The number of nitrogens with one attached hydrogen (secondary N) is 1. The maximum atomic E-state index is 13.7. The van der Waals surface area contributed by atoms with Crippen LogP contribution in [0.2, 0.25) is 0 Å². The second kappa shape index (κ2) is 14.5. The number of piperidine rings is 1. The molecule has 8 nitrogen and oxygen atoms in total. The Morgan fingerprint density at radius 2 is 1.74 bits per heavy atom. The zero-order chi connectivity index (χ0) is 31.3. The van der Waals surface area contributed by atoms with Gasteiger partial charge in [-0.15, -0.1) is 0 Å². The average Bonchev–Trinajstić information content (AvgIpc) is 2.98. The molecule has 4 rings (SSSR count). The summed E-state index contributed by atoms with van der Waals surface area (Å²) < 4.78 is 53.6. The quantitative estimate of drug-likeness (QED) is 0.375. The number of carbonyl (C=O) groups is 1. The zero-order valence-corrected chi connectivity index (χ0v) is 27.3. The van der Waals surface area contributed by atoms with Gasteiger partial charge in [0.25, 0.3) is 0 Å². The lowest BCUT2D eigenvalue weighted by molar-refractivity contribution is -0.128. The zero-order valence-electron chi connectivity index (χ0n) is 26.5. The van der Waals surface area contributed by atoms with Crippen molar-refractivity contribution in [3.8, 4) is 5.75 Å². The fourth-order valence-electron chi connectivity index (χ4n) is 6.88. The van der Waals surface area contributed by atoms with E-state index >= 15 is 0 Å². The van der Waals surface area contributed by atoms with Crippen LogP contribution in [0.3, 0.4) is 0 Å². The first-order valence-corrected chi connectivity index (χ1v) is 16.8. The summed E-state index contributed by atoms with van der Waals surface area (Å²) in [5.41, 5.74) is 3.30. The number of rotatable bonds is 11. The van der Waals surface area contributed by atoms with Gasteiger partial charge in [0.15, 0.2) is 0 Å². The van der Waals surface area contributed by atoms with Crippen LogP contribution in [-0.4, -0.2) is 77.1 Å². The SMILES string of the molecule is COc1cc(C)c(S(=O)(=O)N2CCCC(OCC(=O)NCC3CCC(C(c4ccc(F)cc4)N(C)C)CC3)C2)c(C)c1C. The minimum absolute atomic E-state index is 0.0825. The van der Waals surface area contributed by atoms with Crippen LogP contribution in [0.5, 0.6) is 5.75 Å². The maximum Gasteiger partial charge on any atom is 0.246 e. The van der Waals surface area contributed by atoms with E-state index in [0.29, 0.717) is 59.5 Å². The van der Waals surface area contributed by atoms with Gasteiger partial charge in [0, 0.05) is 25.7 Å². The van der Waals surface area contributed by atoms with Crippen LogP contribution >= 0.6 is 0 Å². The molecule has 0 radical (unpaired) electrons. The second-order valence-electron chi connectivity index (χ2n) is 12.5. The lowest BCUT2D eigenvalue weighted by Gasteiger charge is -2.37. The highest BCUT2D eigenvalue weighted by Crippen LogP contribution is 2.39. The molecule has 1 aliphatic heterocycles. The predicted octanol–water partition coefficient (Wildman–Crippen LogP) is 5.15. The molecule has 238 valence electrons. The molecule has 1 heterocycles. The molecule has 1 aliphatic carbocycles. The van der Waals surface area contributed by atoms with Gasteiger partial charge < -0.3 is 19.7 Å². The summed E-state index contributed by atoms with van der Waals surface area (Å²) in [6, 6.07) is 8.84. The van der Waals surface area contributed by atoms with Gasteiger partial charge >= 0.3 is 0 Å². The summed E-state index contributed by atoms with van der Waals surface area (Å²) in [5.74, 6) is 1.18. The fraction of sp³-hybridized carbons (Fsp3) is 0.606. The molecule has 0 bridgehead atoms. The number of methoxy groups -OCH3 is 1. The number of aryl methyl sites for hydroxylation is 1. The Kier molecular flexibility index (Phi) is 11.3. The van der Waals surface area contributed by atoms with E-state index in [9.17, 15) is 17.6 Å². The van der Waals surface area contributed by atoms with Crippen molar-refractivity contribution < 1.29 is 27.1 Å². The van der Waals surface area contributed by atoms with Crippen LogP contribution in [0.4, 0.5) is 4.39 Å². The molecule has 0 aromatic heterocycles. The molecule has 10 heteroatoms. The number of nitrogens with zero attached hydrogens (tertiary/aromatic N) is 2. The van der Waals surface area contributed by atoms with E-state index in [1.54, 1.807) is 20.1 Å². The Morgan fingerprint density at radius 1 is 1.07 bits per heavy atom. The number of amides is 1. The summed E-state index contributed by atoms with van der Waals surface area (Å²) in [6.45, 7) is 6.66. The monoisotopic (exact) mass is 617 g/mol. The number of benzene rings is 2. The van der Waals surface area contributed by atoms with Crippen molar-refractivity contribution in [3.63, 3.8) is 0 Å². The molecule has 1 amide bonds. The standard InChI is InChI=1S/C33H48FN3O5S/c1-22-18-30(41-6)23(2)24(3)33(22)43(39,40)37-17-7-8-29(20-37)42-21-31(38)35-19-25-9-11-26(12-10-25)32(36(4)5)27-13-15-28(34)16-14-27/h13-16,18,25-26,29,32H,7-12,17,19-21H2,1-6H3,(H,35,38). The van der Waals surface area contributed by atoms with Gasteiger partial charge in [0.1, 0.15) is 18.2 Å². The van der Waals surface area contributed by atoms with Gasteiger partial charge in [-0.2, -0.15) is 4.31 Å². The first-order chi connectivity index (χ1) is 20.4. The molecule has 2 unspecified atom stereocenters. The van der Waals surface area contributed by atoms with Gasteiger partial charge in [0.05, 0.1) is 18.1 Å². The molecule has 1 N–H and O–H groups in total. The van der Waals surface area contributed by atoms with Crippen molar-refractivity contribution in [2.45, 2.75) is 76.3 Å². The van der Waals surface area contributed by atoms with Crippen molar-refractivity contribution in [1.29, 1.82) is 0 Å². The van der Waals surface area contributed by atoms with Gasteiger partial charge in [-0.05, 0) is 126 Å². The number of hydrogen-bond acceptors (Lipinski definition) is 6. The number of carbonyl (C=O) groups excluding carboxylic acids is 1. The van der Waals surface area contributed by atoms with E-state index in [2.05, 4.69) is 24.3 Å². The van der Waals surface area contributed by atoms with Crippen LogP contribution in [0.1, 0.15) is 66.8 Å². The summed E-state index contributed by atoms with van der Waals surface area (Å²) in [7, 11) is 2.00. The largest absolute Gasteiger partial charge is 0.496 e. The third-order valence-corrected chi connectivity index (χ3v) is 11.4. The molecule has 0 spiro atoms. The first-order valence-electron chi connectivity index (χ1n) is 15.4. The van der Waals surface area contributed by atoms with E-state index < -0.39 is 10.0 Å². The van der Waals surface area contributed by atoms with E-state index in [1.807, 2.05) is 26.0 Å². The molecule has 2 aliphatic rings. The molecule has 2 atom stereocenters. The Hall–Kier alpha value is -2.53. The van der Waals surface area contributed by atoms with Crippen LogP contribution < -0.4 is 10.1 Å². The van der Waals surface area contributed by atoms with Crippen molar-refractivity contribution >= 4 is 15.9 Å². The molecular weight excluding hydrogens is 569 g/mol.